The molecular formula is C17H23N3O3. The molecule has 0 bridgehead atoms. The fourth-order valence-corrected chi connectivity index (χ4v) is 3.46. The van der Waals surface area contributed by atoms with Crippen molar-refractivity contribution in [1.29, 1.82) is 0 Å². The van der Waals surface area contributed by atoms with Crippen molar-refractivity contribution < 1.29 is 14.3 Å². The van der Waals surface area contributed by atoms with Crippen LogP contribution in [0.15, 0.2) is 18.2 Å². The highest BCUT2D eigenvalue weighted by Crippen LogP contribution is 2.34. The zero-order valence-corrected chi connectivity index (χ0v) is 13.8. The third kappa shape index (κ3) is 2.91. The van der Waals surface area contributed by atoms with Crippen LogP contribution < -0.4 is 10.1 Å². The third-order valence-electron chi connectivity index (χ3n) is 4.75. The van der Waals surface area contributed by atoms with E-state index >= 15 is 0 Å². The zero-order chi connectivity index (χ0) is 16.6. The summed E-state index contributed by atoms with van der Waals surface area (Å²) in [5.41, 5.74) is 1.10. The molecule has 1 fully saturated rings. The summed E-state index contributed by atoms with van der Waals surface area (Å²) in [4.78, 5) is 28.5. The van der Waals surface area contributed by atoms with Gasteiger partial charge in [0.05, 0.1) is 11.3 Å². The molecule has 0 unspecified atom stereocenters. The number of benzene rings is 1. The number of carbonyl (C=O) groups excluding carboxylic acids is 2. The van der Waals surface area contributed by atoms with Crippen LogP contribution in [-0.2, 0) is 4.79 Å². The maximum atomic E-state index is 12.9. The summed E-state index contributed by atoms with van der Waals surface area (Å²) >= 11 is 0. The van der Waals surface area contributed by atoms with E-state index in [1.165, 1.54) is 0 Å². The van der Waals surface area contributed by atoms with Gasteiger partial charge >= 0.3 is 0 Å². The molecule has 2 aliphatic heterocycles. The number of carbonyl (C=O) groups is 2. The lowest BCUT2D eigenvalue weighted by Gasteiger charge is -2.24. The summed E-state index contributed by atoms with van der Waals surface area (Å²) in [6.45, 7) is 3.60. The van der Waals surface area contributed by atoms with E-state index < -0.39 is 0 Å². The second kappa shape index (κ2) is 6.20. The zero-order valence-electron chi connectivity index (χ0n) is 13.8. The number of hydrogen-bond donors (Lipinski definition) is 1. The van der Waals surface area contributed by atoms with Crippen molar-refractivity contribution in [3.63, 3.8) is 0 Å². The molecule has 124 valence electrons. The van der Waals surface area contributed by atoms with E-state index in [1.807, 2.05) is 4.90 Å². The van der Waals surface area contributed by atoms with Crippen LogP contribution in [-0.4, -0.2) is 61.4 Å². The molecule has 0 spiro atoms. The molecule has 2 amide bonds. The fourth-order valence-electron chi connectivity index (χ4n) is 3.46. The minimum Gasteiger partial charge on any atom is -0.481 e. The van der Waals surface area contributed by atoms with Crippen LogP contribution in [0.5, 0.6) is 5.75 Å². The largest absolute Gasteiger partial charge is 0.481 e. The van der Waals surface area contributed by atoms with Gasteiger partial charge in [-0.15, -0.1) is 0 Å². The molecule has 0 aliphatic carbocycles. The summed E-state index contributed by atoms with van der Waals surface area (Å²) in [5.74, 6) is 0.746. The number of para-hydroxylation sites is 1. The number of amides is 2. The smallest absolute Gasteiger partial charge is 0.262 e. The standard InChI is InChI=1S/C17H23N3O3/c1-4-11-8-20(9-14(11)19(2)3)17(22)12-6-5-7-13-16(12)23-10-15(21)18-13/h5-7,11,14H,4,8-10H2,1-3H3,(H,18,21)/t11-,14+/m1/s1. The molecule has 0 radical (unpaired) electrons. The highest BCUT2D eigenvalue weighted by molar-refractivity contribution is 6.03. The molecular weight excluding hydrogens is 294 g/mol. The van der Waals surface area contributed by atoms with E-state index in [0.717, 1.165) is 19.5 Å². The predicted molar refractivity (Wildman–Crippen MR) is 87.7 cm³/mol. The molecule has 3 rings (SSSR count). The van der Waals surface area contributed by atoms with Crippen molar-refractivity contribution in [3.05, 3.63) is 23.8 Å². The molecule has 1 N–H and O–H groups in total. The summed E-state index contributed by atoms with van der Waals surface area (Å²) in [7, 11) is 4.12. The molecule has 0 aromatic heterocycles. The van der Waals surface area contributed by atoms with Gasteiger partial charge in [0.2, 0.25) is 0 Å². The lowest BCUT2D eigenvalue weighted by atomic mass is 10.0. The van der Waals surface area contributed by atoms with Crippen LogP contribution in [0.3, 0.4) is 0 Å². The van der Waals surface area contributed by atoms with Crippen LogP contribution in [0.4, 0.5) is 5.69 Å². The number of anilines is 1. The van der Waals surface area contributed by atoms with Crippen molar-refractivity contribution >= 4 is 17.5 Å². The Morgan fingerprint density at radius 1 is 1.39 bits per heavy atom. The molecule has 1 aromatic rings. The van der Waals surface area contributed by atoms with Crippen LogP contribution in [0, 0.1) is 5.92 Å². The number of fused-ring (bicyclic) bond motifs is 1. The number of nitrogens with zero attached hydrogens (tertiary/aromatic N) is 2. The summed E-state index contributed by atoms with van der Waals surface area (Å²) < 4.78 is 5.51. The first kappa shape index (κ1) is 15.8. The molecule has 6 heteroatoms. The number of likely N-dealkylation sites (tertiary alicyclic amines) is 1. The average molecular weight is 317 g/mol. The normalized spacial score (nSPS) is 23.5. The maximum Gasteiger partial charge on any atom is 0.262 e. The summed E-state index contributed by atoms with van der Waals surface area (Å²) in [5, 5.41) is 2.75. The number of rotatable bonds is 3. The monoisotopic (exact) mass is 317 g/mol. The Balaban J connectivity index is 1.85. The fraction of sp³-hybridized carbons (Fsp3) is 0.529. The van der Waals surface area contributed by atoms with E-state index in [2.05, 4.69) is 31.2 Å². The average Bonchev–Trinajstić information content (AvgIpc) is 2.98. The minimum absolute atomic E-state index is 0.0270. The predicted octanol–water partition coefficient (Wildman–Crippen LogP) is 1.43. The quantitative estimate of drug-likeness (QED) is 0.916. The van der Waals surface area contributed by atoms with Crippen molar-refractivity contribution in [3.8, 4) is 5.75 Å². The summed E-state index contributed by atoms with van der Waals surface area (Å²) in [6, 6.07) is 5.68. The SMILES string of the molecule is CC[C@@H]1CN(C(=O)c2cccc3c2OCC(=O)N3)C[C@@H]1N(C)C. The molecule has 23 heavy (non-hydrogen) atoms. The Bertz CT molecular complexity index is 630. The molecule has 1 aromatic carbocycles. The van der Waals surface area contributed by atoms with Gasteiger partial charge in [0.15, 0.2) is 12.4 Å². The number of likely N-dealkylation sites (N-methyl/N-ethyl adjacent to an activating group) is 1. The Morgan fingerprint density at radius 3 is 2.83 bits per heavy atom. The van der Waals surface area contributed by atoms with E-state index in [4.69, 9.17) is 4.74 Å². The van der Waals surface area contributed by atoms with Gasteiger partial charge in [0.25, 0.3) is 11.8 Å². The van der Waals surface area contributed by atoms with Gasteiger partial charge in [-0.3, -0.25) is 9.59 Å². The van der Waals surface area contributed by atoms with Gasteiger partial charge in [0.1, 0.15) is 0 Å². The molecule has 1 saturated heterocycles. The van der Waals surface area contributed by atoms with Crippen molar-refractivity contribution in [2.75, 3.05) is 39.1 Å². The molecule has 6 nitrogen and oxygen atoms in total. The first-order valence-electron chi connectivity index (χ1n) is 8.02. The maximum absolute atomic E-state index is 12.9. The lowest BCUT2D eigenvalue weighted by Crippen LogP contribution is -2.36. The van der Waals surface area contributed by atoms with E-state index in [9.17, 15) is 9.59 Å². The number of ether oxygens (including phenoxy) is 1. The Morgan fingerprint density at radius 2 is 2.17 bits per heavy atom. The highest BCUT2D eigenvalue weighted by Gasteiger charge is 2.37. The minimum atomic E-state index is -0.193. The molecule has 2 atom stereocenters. The molecule has 2 aliphatic rings. The molecule has 0 saturated carbocycles. The highest BCUT2D eigenvalue weighted by atomic mass is 16.5. The summed E-state index contributed by atoms with van der Waals surface area (Å²) in [6.07, 6.45) is 1.05. The van der Waals surface area contributed by atoms with E-state index in [-0.39, 0.29) is 18.4 Å². The molecule has 2 heterocycles. The first-order chi connectivity index (χ1) is 11.0. The van der Waals surface area contributed by atoms with Crippen LogP contribution in [0.25, 0.3) is 0 Å². The number of hydrogen-bond acceptors (Lipinski definition) is 4. The first-order valence-corrected chi connectivity index (χ1v) is 8.02. The van der Waals surface area contributed by atoms with Gasteiger partial charge in [0, 0.05) is 19.1 Å². The van der Waals surface area contributed by atoms with Gasteiger partial charge < -0.3 is 19.9 Å². The van der Waals surface area contributed by atoms with E-state index in [1.54, 1.807) is 18.2 Å². The van der Waals surface area contributed by atoms with Crippen molar-refractivity contribution in [1.82, 2.24) is 9.80 Å². The van der Waals surface area contributed by atoms with Gasteiger partial charge in [-0.05, 0) is 32.1 Å². The van der Waals surface area contributed by atoms with Gasteiger partial charge in [-0.1, -0.05) is 19.4 Å². The van der Waals surface area contributed by atoms with Crippen molar-refractivity contribution in [2.24, 2.45) is 5.92 Å². The van der Waals surface area contributed by atoms with Crippen LogP contribution in [0.1, 0.15) is 23.7 Å². The van der Waals surface area contributed by atoms with Crippen LogP contribution in [0.2, 0.25) is 0 Å². The van der Waals surface area contributed by atoms with E-state index in [0.29, 0.717) is 29.0 Å². The Kier molecular flexibility index (Phi) is 4.26. The van der Waals surface area contributed by atoms with Gasteiger partial charge in [-0.2, -0.15) is 0 Å². The lowest BCUT2D eigenvalue weighted by molar-refractivity contribution is -0.118. The second-order valence-corrected chi connectivity index (χ2v) is 6.43. The topological polar surface area (TPSA) is 61.9 Å². The van der Waals surface area contributed by atoms with Gasteiger partial charge in [-0.25, -0.2) is 0 Å². The van der Waals surface area contributed by atoms with Crippen LogP contribution >= 0.6 is 0 Å². The third-order valence-corrected chi connectivity index (χ3v) is 4.75. The number of nitrogens with one attached hydrogen (secondary N) is 1. The Hall–Kier alpha value is -2.08. The van der Waals surface area contributed by atoms with Crippen molar-refractivity contribution in [2.45, 2.75) is 19.4 Å². The Labute approximate surface area is 136 Å². The second-order valence-electron chi connectivity index (χ2n) is 6.43.